The van der Waals surface area contributed by atoms with Crippen molar-refractivity contribution >= 4 is 34.4 Å². The Hall–Kier alpha value is -2.86. The lowest BCUT2D eigenvalue weighted by atomic mass is 9.94. The summed E-state index contributed by atoms with van der Waals surface area (Å²) in [5.74, 6) is -2.85. The number of rotatable bonds is 4. The van der Waals surface area contributed by atoms with E-state index in [9.17, 15) is 19.1 Å². The van der Waals surface area contributed by atoms with Crippen LogP contribution < -0.4 is 0 Å². The van der Waals surface area contributed by atoms with Gasteiger partial charge in [-0.05, 0) is 69.0 Å². The minimum absolute atomic E-state index is 0.0739. The molecule has 1 aliphatic carbocycles. The Morgan fingerprint density at radius 2 is 1.90 bits per heavy atom. The van der Waals surface area contributed by atoms with Crippen LogP contribution >= 0.6 is 11.6 Å². The van der Waals surface area contributed by atoms with E-state index in [1.54, 1.807) is 38.1 Å². The second-order valence-corrected chi connectivity index (χ2v) is 8.12. The lowest BCUT2D eigenvalue weighted by Gasteiger charge is -2.26. The van der Waals surface area contributed by atoms with Gasteiger partial charge in [0.2, 0.25) is 0 Å². The number of esters is 1. The minimum atomic E-state index is -0.846. The number of carbonyl (C=O) groups excluding carboxylic acids is 2. The zero-order valence-electron chi connectivity index (χ0n) is 16.6. The molecule has 2 aromatic carbocycles. The molecule has 0 bridgehead atoms. The van der Waals surface area contributed by atoms with Gasteiger partial charge in [0.25, 0.3) is 5.91 Å². The van der Waals surface area contributed by atoms with E-state index in [-0.39, 0.29) is 17.5 Å². The van der Waals surface area contributed by atoms with E-state index >= 15 is 0 Å². The zero-order valence-corrected chi connectivity index (χ0v) is 17.4. The van der Waals surface area contributed by atoms with Gasteiger partial charge in [0.1, 0.15) is 6.10 Å². The van der Waals surface area contributed by atoms with Crippen molar-refractivity contribution in [3.8, 4) is 5.75 Å². The first-order valence-corrected chi connectivity index (χ1v) is 10.2. The molecule has 0 aliphatic heterocycles. The summed E-state index contributed by atoms with van der Waals surface area (Å²) in [6.07, 6.45) is 2.66. The summed E-state index contributed by atoms with van der Waals surface area (Å²) in [6, 6.07) is 8.73. The fourth-order valence-electron chi connectivity index (χ4n) is 3.85. The largest absolute Gasteiger partial charge is 0.505 e. The first-order chi connectivity index (χ1) is 14.3. The Balaban J connectivity index is 1.85. The van der Waals surface area contributed by atoms with Crippen LogP contribution in [0.1, 0.15) is 53.7 Å². The van der Waals surface area contributed by atoms with Gasteiger partial charge in [-0.25, -0.2) is 4.39 Å². The highest BCUT2D eigenvalue weighted by Gasteiger charge is 2.31. The van der Waals surface area contributed by atoms with Crippen LogP contribution in [0.4, 0.5) is 4.39 Å². The van der Waals surface area contributed by atoms with E-state index < -0.39 is 23.5 Å². The average Bonchev–Trinajstić information content (AvgIpc) is 2.95. The third-order valence-corrected chi connectivity index (χ3v) is 5.99. The summed E-state index contributed by atoms with van der Waals surface area (Å²) in [5.41, 5.74) is 1.67. The normalized spacial score (nSPS) is 15.1. The maximum absolute atomic E-state index is 14.2. The van der Waals surface area contributed by atoms with Crippen molar-refractivity contribution in [3.05, 3.63) is 64.1 Å². The van der Waals surface area contributed by atoms with Gasteiger partial charge in [0, 0.05) is 27.7 Å². The number of fused-ring (bicyclic) bond motifs is 1. The average molecular weight is 430 g/mol. The number of aromatic hydroxyl groups is 1. The Morgan fingerprint density at radius 3 is 2.50 bits per heavy atom. The number of nitrogens with zero attached hydrogens (tertiary/aromatic N) is 1. The predicted octanol–water partition coefficient (Wildman–Crippen LogP) is 5.34. The molecular weight excluding hydrogens is 409 g/mol. The fourth-order valence-corrected chi connectivity index (χ4v) is 3.98. The van der Waals surface area contributed by atoms with Crippen LogP contribution in [0.2, 0.25) is 5.02 Å². The lowest BCUT2D eigenvalue weighted by Crippen LogP contribution is -2.27. The predicted molar refractivity (Wildman–Crippen MR) is 112 cm³/mol. The number of phenols is 1. The summed E-state index contributed by atoms with van der Waals surface area (Å²) < 4.78 is 21.1. The Labute approximate surface area is 178 Å². The molecule has 4 rings (SSSR count). The maximum Gasteiger partial charge on any atom is 0.313 e. The first-order valence-electron chi connectivity index (χ1n) is 9.82. The van der Waals surface area contributed by atoms with Gasteiger partial charge >= 0.3 is 5.97 Å². The van der Waals surface area contributed by atoms with Crippen LogP contribution in [0.15, 0.2) is 36.4 Å². The quantitative estimate of drug-likeness (QED) is 0.569. The summed E-state index contributed by atoms with van der Waals surface area (Å²) in [6.45, 7) is 3.39. The van der Waals surface area contributed by atoms with Gasteiger partial charge < -0.3 is 9.84 Å². The molecule has 1 fully saturated rings. The number of aromatic nitrogens is 1. The van der Waals surface area contributed by atoms with Gasteiger partial charge in [-0.1, -0.05) is 11.6 Å². The summed E-state index contributed by atoms with van der Waals surface area (Å²) >= 11 is 5.92. The molecule has 1 aromatic heterocycles. The van der Waals surface area contributed by atoms with Crippen LogP contribution in [0.25, 0.3) is 10.9 Å². The van der Waals surface area contributed by atoms with E-state index in [2.05, 4.69) is 0 Å². The van der Waals surface area contributed by atoms with Crippen molar-refractivity contribution in [2.24, 2.45) is 0 Å². The maximum atomic E-state index is 14.2. The van der Waals surface area contributed by atoms with E-state index in [1.165, 1.54) is 10.6 Å². The summed E-state index contributed by atoms with van der Waals surface area (Å²) in [4.78, 5) is 26.0. The first kappa shape index (κ1) is 20.4. The molecule has 1 heterocycles. The third-order valence-electron chi connectivity index (χ3n) is 5.74. The SMILES string of the molecule is Cc1c(C(C)C(=O)OC2CCC2)c2cc(O)c(F)cc2n1C(=O)c1ccc(Cl)cc1. The van der Waals surface area contributed by atoms with Crippen LogP contribution in [-0.2, 0) is 9.53 Å². The van der Waals surface area contributed by atoms with Crippen molar-refractivity contribution in [2.45, 2.75) is 45.1 Å². The molecule has 0 spiro atoms. The molecule has 1 atom stereocenters. The molecule has 5 nitrogen and oxygen atoms in total. The standard InChI is InChI=1S/C23H21ClFNO4/c1-12(23(29)30-16-4-3-5-16)21-13(2)26(19-11-18(25)20(27)10-17(19)21)22(28)14-6-8-15(24)9-7-14/h6-12,16,27H,3-5H2,1-2H3. The van der Waals surface area contributed by atoms with Gasteiger partial charge in [-0.15, -0.1) is 0 Å². The van der Waals surface area contributed by atoms with Crippen LogP contribution in [0.5, 0.6) is 5.75 Å². The molecule has 3 aromatic rings. The highest BCUT2D eigenvalue weighted by molar-refractivity contribution is 6.30. The van der Waals surface area contributed by atoms with Crippen LogP contribution in [0, 0.1) is 12.7 Å². The molecule has 0 amide bonds. The van der Waals surface area contributed by atoms with E-state index in [0.717, 1.165) is 25.3 Å². The summed E-state index contributed by atoms with van der Waals surface area (Å²) in [5, 5.41) is 10.9. The van der Waals surface area contributed by atoms with E-state index in [1.807, 2.05) is 0 Å². The van der Waals surface area contributed by atoms with Crippen molar-refractivity contribution in [1.29, 1.82) is 0 Å². The number of hydrogen-bond donors (Lipinski definition) is 1. The number of phenolic OH excluding ortho intramolecular Hbond substituents is 1. The van der Waals surface area contributed by atoms with Crippen LogP contribution in [-0.4, -0.2) is 27.7 Å². The molecule has 7 heteroatoms. The molecule has 0 saturated heterocycles. The molecular formula is C23H21ClFNO4. The van der Waals surface area contributed by atoms with Crippen molar-refractivity contribution in [1.82, 2.24) is 4.57 Å². The number of carbonyl (C=O) groups is 2. The van der Waals surface area contributed by atoms with Gasteiger partial charge in [0.05, 0.1) is 11.4 Å². The molecule has 1 N–H and O–H groups in total. The van der Waals surface area contributed by atoms with Gasteiger partial charge in [-0.2, -0.15) is 0 Å². The number of hydrogen-bond acceptors (Lipinski definition) is 4. The smallest absolute Gasteiger partial charge is 0.313 e. The number of halogens is 2. The highest BCUT2D eigenvalue weighted by Crippen LogP contribution is 2.37. The number of benzene rings is 2. The van der Waals surface area contributed by atoms with Crippen molar-refractivity contribution in [2.75, 3.05) is 0 Å². The highest BCUT2D eigenvalue weighted by atomic mass is 35.5. The van der Waals surface area contributed by atoms with Gasteiger partial charge in [0.15, 0.2) is 11.6 Å². The Bertz CT molecular complexity index is 1150. The molecule has 0 radical (unpaired) electrons. The molecule has 30 heavy (non-hydrogen) atoms. The fraction of sp³-hybridized carbons (Fsp3) is 0.304. The molecule has 1 aliphatic rings. The number of ether oxygens (including phenoxy) is 1. The van der Waals surface area contributed by atoms with Gasteiger partial charge in [-0.3, -0.25) is 14.2 Å². The molecule has 1 unspecified atom stereocenters. The Kier molecular flexibility index (Phi) is 5.28. The van der Waals surface area contributed by atoms with Crippen molar-refractivity contribution in [3.63, 3.8) is 0 Å². The monoisotopic (exact) mass is 429 g/mol. The van der Waals surface area contributed by atoms with E-state index in [0.29, 0.717) is 27.2 Å². The van der Waals surface area contributed by atoms with Crippen LogP contribution in [0.3, 0.4) is 0 Å². The topological polar surface area (TPSA) is 68.5 Å². The Morgan fingerprint density at radius 1 is 1.23 bits per heavy atom. The lowest BCUT2D eigenvalue weighted by molar-refractivity contribution is -0.154. The van der Waals surface area contributed by atoms with Crippen molar-refractivity contribution < 1.29 is 23.8 Å². The molecule has 156 valence electrons. The molecule has 1 saturated carbocycles. The minimum Gasteiger partial charge on any atom is -0.505 e. The third kappa shape index (κ3) is 3.45. The zero-order chi connectivity index (χ0) is 21.6. The summed E-state index contributed by atoms with van der Waals surface area (Å²) in [7, 11) is 0. The second kappa shape index (κ2) is 7.76. The second-order valence-electron chi connectivity index (χ2n) is 7.68. The van der Waals surface area contributed by atoms with E-state index in [4.69, 9.17) is 16.3 Å².